The number of hydrogen-bond acceptors (Lipinski definition) is 2. The van der Waals surface area contributed by atoms with Gasteiger partial charge in [-0.25, -0.2) is 9.97 Å². The molecule has 0 atom stereocenters. The predicted octanol–water partition coefficient (Wildman–Crippen LogP) is 15.3. The lowest BCUT2D eigenvalue weighted by Crippen LogP contribution is -2.05. The Labute approximate surface area is 366 Å². The van der Waals surface area contributed by atoms with E-state index in [4.69, 9.17) is 9.97 Å². The number of allylic oxidation sites excluding steroid dienone is 5. The zero-order valence-corrected chi connectivity index (χ0v) is 34.9. The zero-order chi connectivity index (χ0) is 42.3. The predicted molar refractivity (Wildman–Crippen MR) is 265 cm³/mol. The number of para-hydroxylation sites is 3. The van der Waals surface area contributed by atoms with Crippen molar-refractivity contribution in [2.75, 3.05) is 0 Å². The SMILES string of the molecule is C=C/C=C(\C=C(/C)c1cc(-c2cccc(-c3ccccc3)c2)nc(-n2c3ccccc3c3cc(-c4ccc5c6ccccc6n(-c6ccccc6)c5c4)ccc32)n1)c1ccccc1. The lowest BCUT2D eigenvalue weighted by Gasteiger charge is -2.13. The Bertz CT molecular complexity index is 3570. The summed E-state index contributed by atoms with van der Waals surface area (Å²) in [6.45, 7) is 6.15. The van der Waals surface area contributed by atoms with E-state index in [1.807, 2.05) is 12.1 Å². The van der Waals surface area contributed by atoms with Crippen molar-refractivity contribution in [1.82, 2.24) is 19.1 Å². The smallest absolute Gasteiger partial charge is 0.235 e. The first-order valence-corrected chi connectivity index (χ1v) is 21.4. The summed E-state index contributed by atoms with van der Waals surface area (Å²) in [5, 5.41) is 4.76. The molecule has 11 aromatic rings. The molecule has 0 saturated heterocycles. The Morgan fingerprint density at radius 2 is 1.02 bits per heavy atom. The number of nitrogens with zero attached hydrogens (tertiary/aromatic N) is 4. The number of fused-ring (bicyclic) bond motifs is 6. The summed E-state index contributed by atoms with van der Waals surface area (Å²) in [5.41, 5.74) is 16.1. The van der Waals surface area contributed by atoms with E-state index in [-0.39, 0.29) is 0 Å². The average molecular weight is 807 g/mol. The Hall–Kier alpha value is -8.34. The third kappa shape index (κ3) is 6.84. The van der Waals surface area contributed by atoms with Crippen LogP contribution < -0.4 is 0 Å². The van der Waals surface area contributed by atoms with Crippen molar-refractivity contribution in [3.63, 3.8) is 0 Å². The van der Waals surface area contributed by atoms with Crippen LogP contribution in [0, 0.1) is 0 Å². The van der Waals surface area contributed by atoms with Gasteiger partial charge in [-0.2, -0.15) is 0 Å². The minimum Gasteiger partial charge on any atom is -0.309 e. The van der Waals surface area contributed by atoms with E-state index < -0.39 is 0 Å². The summed E-state index contributed by atoms with van der Waals surface area (Å²) < 4.78 is 4.60. The average Bonchev–Trinajstić information content (AvgIpc) is 3.87. The highest BCUT2D eigenvalue weighted by atomic mass is 15.2. The molecule has 0 bridgehead atoms. The van der Waals surface area contributed by atoms with Crippen LogP contribution in [-0.4, -0.2) is 19.1 Å². The van der Waals surface area contributed by atoms with Gasteiger partial charge in [0.2, 0.25) is 5.95 Å². The molecule has 0 N–H and O–H groups in total. The quantitative estimate of drug-likeness (QED) is 0.136. The minimum atomic E-state index is 0.613. The normalized spacial score (nSPS) is 12.1. The van der Waals surface area contributed by atoms with Gasteiger partial charge in [0.05, 0.1) is 33.5 Å². The van der Waals surface area contributed by atoms with Crippen molar-refractivity contribution in [1.29, 1.82) is 0 Å². The maximum Gasteiger partial charge on any atom is 0.235 e. The van der Waals surface area contributed by atoms with Gasteiger partial charge in [-0.3, -0.25) is 4.57 Å². The Morgan fingerprint density at radius 1 is 0.444 bits per heavy atom. The van der Waals surface area contributed by atoms with E-state index in [0.717, 1.165) is 83.4 Å². The fourth-order valence-electron chi connectivity index (χ4n) is 9.04. The molecule has 63 heavy (non-hydrogen) atoms. The van der Waals surface area contributed by atoms with Crippen LogP contribution in [0.4, 0.5) is 0 Å². The first kappa shape index (κ1) is 37.6. The number of hydrogen-bond donors (Lipinski definition) is 0. The highest BCUT2D eigenvalue weighted by Crippen LogP contribution is 2.39. The van der Waals surface area contributed by atoms with Crippen molar-refractivity contribution in [3.8, 4) is 45.1 Å². The summed E-state index contributed by atoms with van der Waals surface area (Å²) in [6.07, 6.45) is 6.08. The van der Waals surface area contributed by atoms with Gasteiger partial charge in [0.15, 0.2) is 0 Å². The van der Waals surface area contributed by atoms with Gasteiger partial charge in [0, 0.05) is 32.8 Å². The molecule has 298 valence electrons. The molecular formula is C59H42N4. The van der Waals surface area contributed by atoms with E-state index in [1.54, 1.807) is 0 Å². The fraction of sp³-hybridized carbons (Fsp3) is 0.0169. The van der Waals surface area contributed by atoms with Crippen molar-refractivity contribution in [2.24, 2.45) is 0 Å². The largest absolute Gasteiger partial charge is 0.309 e. The van der Waals surface area contributed by atoms with Gasteiger partial charge in [-0.1, -0.05) is 170 Å². The fourth-order valence-corrected chi connectivity index (χ4v) is 9.04. The molecule has 0 aliphatic rings. The van der Waals surface area contributed by atoms with Gasteiger partial charge in [-0.15, -0.1) is 0 Å². The summed E-state index contributed by atoms with van der Waals surface area (Å²) in [6, 6.07) is 73.2. The van der Waals surface area contributed by atoms with E-state index in [1.165, 1.54) is 21.8 Å². The third-order valence-corrected chi connectivity index (χ3v) is 12.1. The topological polar surface area (TPSA) is 35.6 Å². The minimum absolute atomic E-state index is 0.613. The van der Waals surface area contributed by atoms with Crippen LogP contribution in [0.1, 0.15) is 18.2 Å². The zero-order valence-electron chi connectivity index (χ0n) is 34.9. The Morgan fingerprint density at radius 3 is 1.78 bits per heavy atom. The monoisotopic (exact) mass is 806 g/mol. The summed E-state index contributed by atoms with van der Waals surface area (Å²) in [4.78, 5) is 10.8. The van der Waals surface area contributed by atoms with Gasteiger partial charge in [-0.05, 0) is 107 Å². The molecule has 0 fully saturated rings. The molecule has 0 unspecified atom stereocenters. The van der Waals surface area contributed by atoms with Crippen LogP contribution in [0.25, 0.3) is 99.9 Å². The molecule has 8 aromatic carbocycles. The Kier molecular flexibility index (Phi) is 9.52. The van der Waals surface area contributed by atoms with Crippen molar-refractivity contribution < 1.29 is 0 Å². The molecule has 0 amide bonds. The summed E-state index contributed by atoms with van der Waals surface area (Å²) in [5.74, 6) is 0.613. The Balaban J connectivity index is 1.10. The van der Waals surface area contributed by atoms with Crippen LogP contribution in [0.5, 0.6) is 0 Å². The molecule has 4 heteroatoms. The van der Waals surface area contributed by atoms with Crippen LogP contribution in [0.2, 0.25) is 0 Å². The lowest BCUT2D eigenvalue weighted by molar-refractivity contribution is 0.982. The molecule has 3 aromatic heterocycles. The van der Waals surface area contributed by atoms with Crippen molar-refractivity contribution >= 4 is 54.8 Å². The lowest BCUT2D eigenvalue weighted by atomic mass is 9.99. The van der Waals surface area contributed by atoms with Crippen LogP contribution in [-0.2, 0) is 0 Å². The first-order chi connectivity index (χ1) is 31.1. The first-order valence-electron chi connectivity index (χ1n) is 21.4. The second-order valence-electron chi connectivity index (χ2n) is 15.9. The highest BCUT2D eigenvalue weighted by molar-refractivity contribution is 6.12. The van der Waals surface area contributed by atoms with Crippen LogP contribution >= 0.6 is 0 Å². The van der Waals surface area contributed by atoms with Gasteiger partial charge >= 0.3 is 0 Å². The van der Waals surface area contributed by atoms with Crippen molar-refractivity contribution in [2.45, 2.75) is 6.92 Å². The van der Waals surface area contributed by atoms with E-state index in [2.05, 4.69) is 235 Å². The summed E-state index contributed by atoms with van der Waals surface area (Å²) >= 11 is 0. The van der Waals surface area contributed by atoms with Gasteiger partial charge in [0.25, 0.3) is 0 Å². The maximum atomic E-state index is 5.40. The van der Waals surface area contributed by atoms with E-state index in [0.29, 0.717) is 5.95 Å². The molecule has 4 nitrogen and oxygen atoms in total. The maximum absolute atomic E-state index is 5.40. The standard InChI is InChI=1S/C59H42N4/c1-3-18-43(41-19-7-4-8-20-41)35-40(2)53-39-54(47-24-17-23-44(36-47)42-21-9-5-10-22-42)61-59(60-53)63-56-30-16-14-28-50(56)52-37-45(32-34-57(52)63)46-31-33-51-49-27-13-15-29-55(49)62(58(51)38-46)48-25-11-6-12-26-48/h3-39H,1H2,2H3/b40-35+,43-18+. The molecule has 0 aliphatic heterocycles. The number of aromatic nitrogens is 4. The molecule has 0 spiro atoms. The number of benzene rings is 8. The van der Waals surface area contributed by atoms with Crippen LogP contribution in [0.3, 0.4) is 0 Å². The van der Waals surface area contributed by atoms with E-state index in [9.17, 15) is 0 Å². The second kappa shape index (κ2) is 15.9. The van der Waals surface area contributed by atoms with Crippen LogP contribution in [0.15, 0.2) is 231 Å². The number of rotatable bonds is 9. The van der Waals surface area contributed by atoms with Gasteiger partial charge in [0.1, 0.15) is 0 Å². The van der Waals surface area contributed by atoms with Crippen molar-refractivity contribution in [3.05, 3.63) is 242 Å². The van der Waals surface area contributed by atoms with E-state index >= 15 is 0 Å². The van der Waals surface area contributed by atoms with Gasteiger partial charge < -0.3 is 4.57 Å². The highest BCUT2D eigenvalue weighted by Gasteiger charge is 2.19. The molecule has 0 saturated carbocycles. The third-order valence-electron chi connectivity index (χ3n) is 12.1. The summed E-state index contributed by atoms with van der Waals surface area (Å²) in [7, 11) is 0. The molecule has 3 heterocycles. The second-order valence-corrected chi connectivity index (χ2v) is 15.9. The molecule has 0 radical (unpaired) electrons. The molecule has 0 aliphatic carbocycles. The molecule has 11 rings (SSSR count). The molecular weight excluding hydrogens is 765 g/mol.